The molecule has 4 rings (SSSR count). The van der Waals surface area contributed by atoms with Gasteiger partial charge in [-0.25, -0.2) is 4.39 Å². The van der Waals surface area contributed by atoms with Gasteiger partial charge in [0.05, 0.1) is 5.75 Å². The highest BCUT2D eigenvalue weighted by atomic mass is 32.2. The van der Waals surface area contributed by atoms with E-state index in [1.54, 1.807) is 12.1 Å². The van der Waals surface area contributed by atoms with Gasteiger partial charge < -0.3 is 9.73 Å². The number of thioether (sulfide) groups is 1. The average molecular weight is 410 g/mol. The molecule has 2 heterocycles. The molecule has 29 heavy (non-hydrogen) atoms. The summed E-state index contributed by atoms with van der Waals surface area (Å²) in [4.78, 5) is 12.2. The van der Waals surface area contributed by atoms with Crippen molar-refractivity contribution in [1.29, 1.82) is 0 Å². The fourth-order valence-corrected chi connectivity index (χ4v) is 3.86. The number of halogens is 1. The highest BCUT2D eigenvalue weighted by molar-refractivity contribution is 7.99. The standard InChI is InChI=1S/C21H19FN4O2S/c1-13(2)26-20(18-10-14-6-3-4-9-17(14)28-18)24-25-21(26)29-12-19(27)23-16-8-5-7-15(22)11-16/h3-11,13H,12H2,1-2H3,(H,23,27). The van der Waals surface area contributed by atoms with Crippen molar-refractivity contribution in [3.8, 4) is 11.6 Å². The maximum absolute atomic E-state index is 13.3. The van der Waals surface area contributed by atoms with E-state index in [1.807, 2.05) is 48.7 Å². The molecule has 0 fully saturated rings. The van der Waals surface area contributed by atoms with Gasteiger partial charge in [-0.3, -0.25) is 9.36 Å². The molecule has 0 radical (unpaired) electrons. The number of hydrogen-bond acceptors (Lipinski definition) is 5. The van der Waals surface area contributed by atoms with E-state index in [4.69, 9.17) is 4.42 Å². The Bertz CT molecular complexity index is 1140. The fraction of sp³-hybridized carbons (Fsp3) is 0.190. The van der Waals surface area contributed by atoms with E-state index in [-0.39, 0.29) is 17.7 Å². The van der Waals surface area contributed by atoms with Gasteiger partial charge in [-0.1, -0.05) is 36.0 Å². The molecule has 0 aliphatic heterocycles. The first-order valence-corrected chi connectivity index (χ1v) is 10.1. The first-order chi connectivity index (χ1) is 14.0. The van der Waals surface area contributed by atoms with E-state index in [1.165, 1.54) is 23.9 Å². The number of carbonyl (C=O) groups excluding carboxylic acids is 1. The Morgan fingerprint density at radius 3 is 2.76 bits per heavy atom. The minimum atomic E-state index is -0.398. The van der Waals surface area contributed by atoms with Crippen molar-refractivity contribution >= 4 is 34.3 Å². The molecule has 1 amide bonds. The summed E-state index contributed by atoms with van der Waals surface area (Å²) >= 11 is 1.27. The molecule has 2 aromatic heterocycles. The van der Waals surface area contributed by atoms with Crippen LogP contribution in [0.2, 0.25) is 0 Å². The summed E-state index contributed by atoms with van der Waals surface area (Å²) in [5.74, 6) is 0.726. The topological polar surface area (TPSA) is 73.0 Å². The quantitative estimate of drug-likeness (QED) is 0.446. The Hall–Kier alpha value is -3.13. The van der Waals surface area contributed by atoms with E-state index in [0.29, 0.717) is 22.4 Å². The van der Waals surface area contributed by atoms with Gasteiger partial charge in [0.2, 0.25) is 11.7 Å². The molecule has 2 aromatic carbocycles. The lowest BCUT2D eigenvalue weighted by atomic mass is 10.2. The highest BCUT2D eigenvalue weighted by Crippen LogP contribution is 2.31. The van der Waals surface area contributed by atoms with Crippen LogP contribution < -0.4 is 5.32 Å². The molecule has 0 atom stereocenters. The third-order valence-corrected chi connectivity index (χ3v) is 5.21. The Morgan fingerprint density at radius 1 is 1.17 bits per heavy atom. The van der Waals surface area contributed by atoms with Crippen molar-refractivity contribution in [2.45, 2.75) is 25.0 Å². The van der Waals surface area contributed by atoms with Crippen molar-refractivity contribution < 1.29 is 13.6 Å². The van der Waals surface area contributed by atoms with E-state index in [0.717, 1.165) is 11.0 Å². The summed E-state index contributed by atoms with van der Waals surface area (Å²) in [5.41, 5.74) is 1.20. The minimum Gasteiger partial charge on any atom is -0.453 e. The number of nitrogens with zero attached hydrogens (tertiary/aromatic N) is 3. The Balaban J connectivity index is 1.53. The summed E-state index contributed by atoms with van der Waals surface area (Å²) in [6.45, 7) is 4.04. The summed E-state index contributed by atoms with van der Waals surface area (Å²) in [7, 11) is 0. The normalized spacial score (nSPS) is 11.3. The number of anilines is 1. The molecule has 0 aliphatic rings. The minimum absolute atomic E-state index is 0.0713. The molecule has 0 bridgehead atoms. The molecule has 0 saturated heterocycles. The Labute approximate surface area is 171 Å². The van der Waals surface area contributed by atoms with E-state index in [2.05, 4.69) is 15.5 Å². The van der Waals surface area contributed by atoms with Crippen molar-refractivity contribution in [3.05, 3.63) is 60.4 Å². The largest absolute Gasteiger partial charge is 0.453 e. The SMILES string of the molecule is CC(C)n1c(SCC(=O)Nc2cccc(F)c2)nnc1-c1cc2ccccc2o1. The number of benzene rings is 2. The molecule has 0 saturated carbocycles. The zero-order valence-electron chi connectivity index (χ0n) is 15.9. The molecule has 148 valence electrons. The first-order valence-electron chi connectivity index (χ1n) is 9.13. The number of rotatable bonds is 6. The molecular weight excluding hydrogens is 391 g/mol. The number of aromatic nitrogens is 3. The lowest BCUT2D eigenvalue weighted by Crippen LogP contribution is -2.15. The van der Waals surface area contributed by atoms with Crippen molar-refractivity contribution in [2.75, 3.05) is 11.1 Å². The predicted molar refractivity (Wildman–Crippen MR) is 111 cm³/mol. The highest BCUT2D eigenvalue weighted by Gasteiger charge is 2.20. The number of amides is 1. The number of fused-ring (bicyclic) bond motifs is 1. The van der Waals surface area contributed by atoms with Crippen LogP contribution in [0.25, 0.3) is 22.6 Å². The number of furan rings is 1. The smallest absolute Gasteiger partial charge is 0.234 e. The Kier molecular flexibility index (Phi) is 5.35. The number of para-hydroxylation sites is 1. The molecule has 1 N–H and O–H groups in total. The lowest BCUT2D eigenvalue weighted by Gasteiger charge is -2.12. The van der Waals surface area contributed by atoms with Crippen LogP contribution in [0, 0.1) is 5.82 Å². The van der Waals surface area contributed by atoms with Crippen LogP contribution in [0.4, 0.5) is 10.1 Å². The molecule has 0 spiro atoms. The number of hydrogen-bond donors (Lipinski definition) is 1. The van der Waals surface area contributed by atoms with Crippen LogP contribution in [0.5, 0.6) is 0 Å². The maximum Gasteiger partial charge on any atom is 0.234 e. The molecule has 8 heteroatoms. The predicted octanol–water partition coefficient (Wildman–Crippen LogP) is 5.14. The third kappa shape index (κ3) is 4.17. The summed E-state index contributed by atoms with van der Waals surface area (Å²) < 4.78 is 21.1. The summed E-state index contributed by atoms with van der Waals surface area (Å²) in [5, 5.41) is 12.8. The van der Waals surface area contributed by atoms with Gasteiger partial charge in [-0.15, -0.1) is 10.2 Å². The van der Waals surface area contributed by atoms with E-state index < -0.39 is 5.82 Å². The monoisotopic (exact) mass is 410 g/mol. The number of nitrogens with one attached hydrogen (secondary N) is 1. The van der Waals surface area contributed by atoms with Gasteiger partial charge in [-0.05, 0) is 44.2 Å². The molecular formula is C21H19FN4O2S. The van der Waals surface area contributed by atoms with Crippen LogP contribution in [0.15, 0.2) is 64.2 Å². The lowest BCUT2D eigenvalue weighted by molar-refractivity contribution is -0.113. The second-order valence-electron chi connectivity index (χ2n) is 6.77. The Morgan fingerprint density at radius 2 is 2.00 bits per heavy atom. The van der Waals surface area contributed by atoms with Crippen LogP contribution in [-0.2, 0) is 4.79 Å². The van der Waals surface area contributed by atoms with Gasteiger partial charge in [0.15, 0.2) is 10.9 Å². The average Bonchev–Trinajstić information content (AvgIpc) is 3.30. The third-order valence-electron chi connectivity index (χ3n) is 4.27. The van der Waals surface area contributed by atoms with Crippen LogP contribution in [0.1, 0.15) is 19.9 Å². The van der Waals surface area contributed by atoms with Crippen LogP contribution in [0.3, 0.4) is 0 Å². The maximum atomic E-state index is 13.3. The second kappa shape index (κ2) is 8.08. The van der Waals surface area contributed by atoms with Gasteiger partial charge in [-0.2, -0.15) is 0 Å². The van der Waals surface area contributed by atoms with Crippen LogP contribution in [-0.4, -0.2) is 26.4 Å². The zero-order chi connectivity index (χ0) is 20.4. The van der Waals surface area contributed by atoms with E-state index in [9.17, 15) is 9.18 Å². The molecule has 0 aliphatic carbocycles. The number of carbonyl (C=O) groups is 1. The van der Waals surface area contributed by atoms with Crippen molar-refractivity contribution in [2.24, 2.45) is 0 Å². The van der Waals surface area contributed by atoms with Crippen molar-refractivity contribution in [3.63, 3.8) is 0 Å². The van der Waals surface area contributed by atoms with Gasteiger partial charge in [0, 0.05) is 17.1 Å². The first kappa shape index (κ1) is 19.2. The summed E-state index contributed by atoms with van der Waals surface area (Å²) in [6, 6.07) is 15.6. The summed E-state index contributed by atoms with van der Waals surface area (Å²) in [6.07, 6.45) is 0. The molecule has 6 nitrogen and oxygen atoms in total. The van der Waals surface area contributed by atoms with Gasteiger partial charge >= 0.3 is 0 Å². The van der Waals surface area contributed by atoms with Gasteiger partial charge in [0.25, 0.3) is 0 Å². The zero-order valence-corrected chi connectivity index (χ0v) is 16.7. The van der Waals surface area contributed by atoms with Crippen LogP contribution >= 0.6 is 11.8 Å². The van der Waals surface area contributed by atoms with Gasteiger partial charge in [0.1, 0.15) is 11.4 Å². The molecule has 4 aromatic rings. The fourth-order valence-electron chi connectivity index (χ4n) is 2.99. The van der Waals surface area contributed by atoms with E-state index >= 15 is 0 Å². The second-order valence-corrected chi connectivity index (χ2v) is 7.71. The van der Waals surface area contributed by atoms with Crippen molar-refractivity contribution in [1.82, 2.24) is 14.8 Å². The molecule has 0 unspecified atom stereocenters.